The molecule has 0 bridgehead atoms. The Labute approximate surface area is 200 Å². The van der Waals surface area contributed by atoms with Crippen molar-refractivity contribution in [1.82, 2.24) is 4.72 Å². The average molecular weight is 481 g/mol. The molecule has 0 spiro atoms. The van der Waals surface area contributed by atoms with E-state index in [1.807, 2.05) is 24.3 Å². The molecular weight excluding hydrogens is 452 g/mol. The average Bonchev–Trinajstić information content (AvgIpc) is 3.32. The second kappa shape index (κ2) is 10.4. The third kappa shape index (κ3) is 5.83. The fraction of sp³-hybridized carbons (Fsp3) is 0.269. The van der Waals surface area contributed by atoms with Gasteiger partial charge in [0, 0.05) is 35.9 Å². The Hall–Kier alpha value is -3.20. The number of sulfonamides is 1. The van der Waals surface area contributed by atoms with E-state index in [1.165, 1.54) is 6.08 Å². The predicted molar refractivity (Wildman–Crippen MR) is 132 cm³/mol. The van der Waals surface area contributed by atoms with E-state index in [4.69, 9.17) is 9.15 Å². The Balaban J connectivity index is 1.40. The molecule has 3 aromatic rings. The normalized spacial score (nSPS) is 14.7. The molecule has 0 atom stereocenters. The Morgan fingerprint density at radius 3 is 2.29 bits per heavy atom. The summed E-state index contributed by atoms with van der Waals surface area (Å²) in [6.45, 7) is 6.67. The SMILES string of the molecule is CC(C)NS(=O)(=O)c1ccc(-c2ccc(C=CC(=O)c3ccc(N4CCOCC4)cc3)o2)cc1. The number of ether oxygens (including phenoxy) is 1. The van der Waals surface area contributed by atoms with Gasteiger partial charge in [0.2, 0.25) is 10.0 Å². The van der Waals surface area contributed by atoms with E-state index in [0.717, 1.165) is 24.3 Å². The smallest absolute Gasteiger partial charge is 0.240 e. The van der Waals surface area contributed by atoms with Crippen molar-refractivity contribution in [3.8, 4) is 11.3 Å². The molecule has 0 amide bonds. The van der Waals surface area contributed by atoms with Gasteiger partial charge < -0.3 is 14.1 Å². The highest BCUT2D eigenvalue weighted by Gasteiger charge is 2.16. The summed E-state index contributed by atoms with van der Waals surface area (Å²) in [4.78, 5) is 15.0. The van der Waals surface area contributed by atoms with Crippen molar-refractivity contribution in [3.63, 3.8) is 0 Å². The zero-order valence-electron chi connectivity index (χ0n) is 19.2. The summed E-state index contributed by atoms with van der Waals surface area (Å²) in [5.74, 6) is 1.01. The molecule has 8 heteroatoms. The number of hydrogen-bond acceptors (Lipinski definition) is 6. The summed E-state index contributed by atoms with van der Waals surface area (Å²) in [6.07, 6.45) is 3.12. The van der Waals surface area contributed by atoms with Crippen molar-refractivity contribution < 1.29 is 22.4 Å². The Bertz CT molecular complexity index is 1250. The first-order chi connectivity index (χ1) is 16.3. The first kappa shape index (κ1) is 23.9. The Morgan fingerprint density at radius 1 is 0.971 bits per heavy atom. The molecule has 1 aromatic heterocycles. The van der Waals surface area contributed by atoms with E-state index in [-0.39, 0.29) is 16.7 Å². The lowest BCUT2D eigenvalue weighted by molar-refractivity contribution is 0.104. The highest BCUT2D eigenvalue weighted by Crippen LogP contribution is 2.25. The number of benzene rings is 2. The molecule has 7 nitrogen and oxygen atoms in total. The second-order valence-corrected chi connectivity index (χ2v) is 10.1. The third-order valence-electron chi connectivity index (χ3n) is 5.39. The molecule has 1 saturated heterocycles. The molecule has 1 N–H and O–H groups in total. The van der Waals surface area contributed by atoms with Crippen LogP contribution in [0.25, 0.3) is 17.4 Å². The first-order valence-corrected chi connectivity index (χ1v) is 12.7. The first-order valence-electron chi connectivity index (χ1n) is 11.2. The summed E-state index contributed by atoms with van der Waals surface area (Å²) in [5, 5.41) is 0. The van der Waals surface area contributed by atoms with Crippen molar-refractivity contribution in [2.75, 3.05) is 31.2 Å². The van der Waals surface area contributed by atoms with E-state index >= 15 is 0 Å². The number of nitrogens with one attached hydrogen (secondary N) is 1. The van der Waals surface area contributed by atoms with Gasteiger partial charge in [0.15, 0.2) is 5.78 Å². The van der Waals surface area contributed by atoms with Gasteiger partial charge in [-0.2, -0.15) is 0 Å². The molecule has 1 aliphatic rings. The number of morpholine rings is 1. The third-order valence-corrected chi connectivity index (χ3v) is 7.07. The number of hydrogen-bond donors (Lipinski definition) is 1. The van der Waals surface area contributed by atoms with Gasteiger partial charge in [-0.3, -0.25) is 4.79 Å². The minimum Gasteiger partial charge on any atom is -0.457 e. The molecule has 1 aliphatic heterocycles. The van der Waals surface area contributed by atoms with Crippen molar-refractivity contribution >= 4 is 27.6 Å². The number of anilines is 1. The standard InChI is InChI=1S/C26H28N2O5S/c1-19(2)27-34(30,31)24-11-5-21(6-12-24)26-14-10-23(33-26)9-13-25(29)20-3-7-22(8-4-20)28-15-17-32-18-16-28/h3-14,19,27H,15-18H2,1-2H3. The van der Waals surface area contributed by atoms with Crippen LogP contribution in [0.3, 0.4) is 0 Å². The van der Waals surface area contributed by atoms with Crippen LogP contribution in [0.1, 0.15) is 30.0 Å². The van der Waals surface area contributed by atoms with Crippen LogP contribution >= 0.6 is 0 Å². The summed E-state index contributed by atoms with van der Waals surface area (Å²) in [7, 11) is -3.54. The molecule has 1 fully saturated rings. The molecule has 0 aliphatic carbocycles. The predicted octanol–water partition coefficient (Wildman–Crippen LogP) is 4.37. The molecule has 4 rings (SSSR count). The number of nitrogens with zero attached hydrogens (tertiary/aromatic N) is 1. The monoisotopic (exact) mass is 480 g/mol. The van der Waals surface area contributed by atoms with Crippen LogP contribution in [-0.4, -0.2) is 46.5 Å². The van der Waals surface area contributed by atoms with Crippen molar-refractivity contribution in [2.45, 2.75) is 24.8 Å². The lowest BCUT2D eigenvalue weighted by Crippen LogP contribution is -2.36. The van der Waals surface area contributed by atoms with Gasteiger partial charge in [0.1, 0.15) is 11.5 Å². The van der Waals surface area contributed by atoms with E-state index in [1.54, 1.807) is 56.3 Å². The van der Waals surface area contributed by atoms with Gasteiger partial charge in [-0.1, -0.05) is 0 Å². The van der Waals surface area contributed by atoms with Crippen molar-refractivity contribution in [2.24, 2.45) is 0 Å². The molecule has 0 saturated carbocycles. The minimum absolute atomic E-state index is 0.112. The van der Waals surface area contributed by atoms with Gasteiger partial charge in [-0.25, -0.2) is 13.1 Å². The molecule has 0 unspecified atom stereocenters. The lowest BCUT2D eigenvalue weighted by Gasteiger charge is -2.28. The summed E-state index contributed by atoms with van der Waals surface area (Å²) < 4.78 is 38.3. The van der Waals surface area contributed by atoms with Gasteiger partial charge >= 0.3 is 0 Å². The zero-order chi connectivity index (χ0) is 24.1. The molecular formula is C26H28N2O5S. The molecule has 2 heterocycles. The Kier molecular flexibility index (Phi) is 7.31. The van der Waals surface area contributed by atoms with Crippen LogP contribution in [0.2, 0.25) is 0 Å². The second-order valence-electron chi connectivity index (χ2n) is 8.35. The number of carbonyl (C=O) groups is 1. The largest absolute Gasteiger partial charge is 0.457 e. The van der Waals surface area contributed by atoms with Crippen molar-refractivity contribution in [3.05, 3.63) is 78.1 Å². The van der Waals surface area contributed by atoms with E-state index in [9.17, 15) is 13.2 Å². The minimum atomic E-state index is -3.54. The summed E-state index contributed by atoms with van der Waals surface area (Å²) in [5.41, 5.74) is 2.43. The number of carbonyl (C=O) groups excluding carboxylic acids is 1. The van der Waals surface area contributed by atoms with Crippen LogP contribution in [0.4, 0.5) is 5.69 Å². The fourth-order valence-electron chi connectivity index (χ4n) is 3.69. The molecule has 34 heavy (non-hydrogen) atoms. The fourth-order valence-corrected chi connectivity index (χ4v) is 4.94. The maximum Gasteiger partial charge on any atom is 0.240 e. The van der Waals surface area contributed by atoms with Gasteiger partial charge in [-0.15, -0.1) is 0 Å². The number of allylic oxidation sites excluding steroid dienone is 1. The van der Waals surface area contributed by atoms with Crippen LogP contribution in [0.15, 0.2) is 76.1 Å². The zero-order valence-corrected chi connectivity index (χ0v) is 20.0. The summed E-state index contributed by atoms with van der Waals surface area (Å²) >= 11 is 0. The van der Waals surface area contributed by atoms with Gasteiger partial charge in [0.25, 0.3) is 0 Å². The molecule has 178 valence electrons. The van der Waals surface area contributed by atoms with Crippen LogP contribution in [-0.2, 0) is 14.8 Å². The van der Waals surface area contributed by atoms with Crippen LogP contribution in [0.5, 0.6) is 0 Å². The van der Waals surface area contributed by atoms with Gasteiger partial charge in [-0.05, 0) is 86.7 Å². The highest BCUT2D eigenvalue weighted by molar-refractivity contribution is 7.89. The quantitative estimate of drug-likeness (QED) is 0.381. The van der Waals surface area contributed by atoms with E-state index in [0.29, 0.717) is 30.3 Å². The van der Waals surface area contributed by atoms with Crippen LogP contribution in [0, 0.1) is 0 Å². The molecule has 0 radical (unpaired) electrons. The maximum atomic E-state index is 12.6. The van der Waals surface area contributed by atoms with E-state index in [2.05, 4.69) is 9.62 Å². The van der Waals surface area contributed by atoms with E-state index < -0.39 is 10.0 Å². The lowest BCUT2D eigenvalue weighted by atomic mass is 10.1. The highest BCUT2D eigenvalue weighted by atomic mass is 32.2. The number of ketones is 1. The number of furan rings is 1. The topological polar surface area (TPSA) is 88.9 Å². The summed E-state index contributed by atoms with van der Waals surface area (Å²) in [6, 6.07) is 17.4. The Morgan fingerprint density at radius 2 is 1.65 bits per heavy atom. The maximum absolute atomic E-state index is 12.6. The number of rotatable bonds is 8. The van der Waals surface area contributed by atoms with Crippen molar-refractivity contribution in [1.29, 1.82) is 0 Å². The van der Waals surface area contributed by atoms with Gasteiger partial charge in [0.05, 0.1) is 18.1 Å². The molecule has 2 aromatic carbocycles. The van der Waals surface area contributed by atoms with Crippen LogP contribution < -0.4 is 9.62 Å².